The Kier molecular flexibility index (Phi) is 4.10. The largest absolute Gasteiger partial charge is 0.311 e. The molecule has 4 heteroatoms. The highest BCUT2D eigenvalue weighted by molar-refractivity contribution is 7.15. The maximum absolute atomic E-state index is 11.0. The van der Waals surface area contributed by atoms with E-state index in [0.717, 1.165) is 23.4 Å². The summed E-state index contributed by atoms with van der Waals surface area (Å²) in [5, 5.41) is 2.70. The van der Waals surface area contributed by atoms with Crippen LogP contribution in [-0.4, -0.2) is 10.9 Å². The van der Waals surface area contributed by atoms with Crippen molar-refractivity contribution in [2.24, 2.45) is 0 Å². The number of nitrogens with zero attached hydrogens (tertiary/aromatic N) is 1. The molecule has 0 unspecified atom stereocenters. The minimum absolute atomic E-state index is 0.0995. The maximum atomic E-state index is 11.0. The summed E-state index contributed by atoms with van der Waals surface area (Å²) in [7, 11) is 0. The van der Waals surface area contributed by atoms with Gasteiger partial charge in [-0.2, -0.15) is 0 Å². The molecule has 0 bridgehead atoms. The molecule has 94 valence electrons. The Labute approximate surface area is 111 Å². The Morgan fingerprint density at radius 3 is 2.89 bits per heavy atom. The van der Waals surface area contributed by atoms with Crippen molar-refractivity contribution in [3.63, 3.8) is 0 Å². The van der Waals surface area contributed by atoms with Crippen LogP contribution in [0.15, 0.2) is 30.3 Å². The van der Waals surface area contributed by atoms with Crippen molar-refractivity contribution in [2.45, 2.75) is 26.7 Å². The summed E-state index contributed by atoms with van der Waals surface area (Å²) < 4.78 is 0. The number of thiophene rings is 1. The molecule has 2 aromatic heterocycles. The molecule has 0 radical (unpaired) electrons. The zero-order valence-corrected chi connectivity index (χ0v) is 11.4. The molecule has 0 spiro atoms. The van der Waals surface area contributed by atoms with Gasteiger partial charge in [0.1, 0.15) is 5.82 Å². The second-order valence-corrected chi connectivity index (χ2v) is 5.27. The van der Waals surface area contributed by atoms with Crippen LogP contribution in [0.2, 0.25) is 0 Å². The van der Waals surface area contributed by atoms with Gasteiger partial charge in [0.2, 0.25) is 5.91 Å². The highest BCUT2D eigenvalue weighted by atomic mass is 32.1. The SMILES string of the molecule is CCCc1ccc(-c2cccc(NC(C)=O)n2)s1. The quantitative estimate of drug-likeness (QED) is 0.910. The predicted molar refractivity (Wildman–Crippen MR) is 75.8 cm³/mol. The van der Waals surface area contributed by atoms with Crippen molar-refractivity contribution in [3.05, 3.63) is 35.2 Å². The number of amides is 1. The van der Waals surface area contributed by atoms with Gasteiger partial charge in [0, 0.05) is 11.8 Å². The van der Waals surface area contributed by atoms with Gasteiger partial charge in [0.05, 0.1) is 10.6 Å². The number of anilines is 1. The first-order valence-corrected chi connectivity index (χ1v) is 6.84. The summed E-state index contributed by atoms with van der Waals surface area (Å²) >= 11 is 1.76. The lowest BCUT2D eigenvalue weighted by Crippen LogP contribution is -2.07. The zero-order valence-electron chi connectivity index (χ0n) is 10.6. The number of hydrogen-bond acceptors (Lipinski definition) is 3. The van der Waals surface area contributed by atoms with Gasteiger partial charge in [-0.05, 0) is 30.7 Å². The van der Waals surface area contributed by atoms with E-state index in [2.05, 4.69) is 29.4 Å². The molecule has 0 aliphatic rings. The second kappa shape index (κ2) is 5.78. The van der Waals surface area contributed by atoms with Crippen LogP contribution in [0.3, 0.4) is 0 Å². The first kappa shape index (κ1) is 12.8. The van der Waals surface area contributed by atoms with Gasteiger partial charge in [0.15, 0.2) is 0 Å². The van der Waals surface area contributed by atoms with Gasteiger partial charge in [-0.25, -0.2) is 4.98 Å². The van der Waals surface area contributed by atoms with Crippen LogP contribution >= 0.6 is 11.3 Å². The van der Waals surface area contributed by atoms with E-state index in [1.165, 1.54) is 11.8 Å². The molecule has 0 aromatic carbocycles. The predicted octanol–water partition coefficient (Wildman–Crippen LogP) is 3.72. The monoisotopic (exact) mass is 260 g/mol. The van der Waals surface area contributed by atoms with Crippen molar-refractivity contribution in [2.75, 3.05) is 5.32 Å². The average Bonchev–Trinajstić information content (AvgIpc) is 2.78. The fourth-order valence-electron chi connectivity index (χ4n) is 1.72. The van der Waals surface area contributed by atoms with E-state index in [4.69, 9.17) is 0 Å². The van der Waals surface area contributed by atoms with Gasteiger partial charge in [0.25, 0.3) is 0 Å². The number of pyridine rings is 1. The van der Waals surface area contributed by atoms with Crippen LogP contribution in [0.5, 0.6) is 0 Å². The smallest absolute Gasteiger partial charge is 0.222 e. The van der Waals surface area contributed by atoms with Crippen molar-refractivity contribution < 1.29 is 4.79 Å². The molecule has 1 N–H and O–H groups in total. The Balaban J connectivity index is 2.23. The van der Waals surface area contributed by atoms with Crippen LogP contribution in [-0.2, 0) is 11.2 Å². The van der Waals surface area contributed by atoms with Crippen molar-refractivity contribution in [3.8, 4) is 10.6 Å². The zero-order chi connectivity index (χ0) is 13.0. The van der Waals surface area contributed by atoms with E-state index in [0.29, 0.717) is 5.82 Å². The van der Waals surface area contributed by atoms with E-state index in [1.54, 1.807) is 17.4 Å². The first-order valence-electron chi connectivity index (χ1n) is 6.02. The first-order chi connectivity index (χ1) is 8.69. The molecule has 0 fully saturated rings. The lowest BCUT2D eigenvalue weighted by atomic mass is 10.2. The molecule has 2 aromatic rings. The van der Waals surface area contributed by atoms with Gasteiger partial charge in [-0.1, -0.05) is 19.4 Å². The third kappa shape index (κ3) is 3.17. The molecular formula is C14H16N2OS. The van der Waals surface area contributed by atoms with E-state index in [-0.39, 0.29) is 5.91 Å². The number of carbonyl (C=O) groups is 1. The molecule has 3 nitrogen and oxygen atoms in total. The molecule has 2 rings (SSSR count). The van der Waals surface area contributed by atoms with E-state index >= 15 is 0 Å². The van der Waals surface area contributed by atoms with Crippen LogP contribution in [0.1, 0.15) is 25.1 Å². The second-order valence-electron chi connectivity index (χ2n) is 4.11. The molecule has 0 aliphatic carbocycles. The number of rotatable bonds is 4. The maximum Gasteiger partial charge on any atom is 0.222 e. The van der Waals surface area contributed by atoms with E-state index < -0.39 is 0 Å². The van der Waals surface area contributed by atoms with Crippen molar-refractivity contribution in [1.29, 1.82) is 0 Å². The molecule has 0 saturated carbocycles. The van der Waals surface area contributed by atoms with Crippen LogP contribution in [0.25, 0.3) is 10.6 Å². The Bertz CT molecular complexity index is 548. The number of aromatic nitrogens is 1. The molecular weight excluding hydrogens is 244 g/mol. The van der Waals surface area contributed by atoms with Crippen molar-refractivity contribution >= 4 is 23.1 Å². The van der Waals surface area contributed by atoms with Gasteiger partial charge < -0.3 is 5.32 Å². The van der Waals surface area contributed by atoms with E-state index in [1.807, 2.05) is 12.1 Å². The fraction of sp³-hybridized carbons (Fsp3) is 0.286. The van der Waals surface area contributed by atoms with Gasteiger partial charge in [-0.3, -0.25) is 4.79 Å². The molecule has 2 heterocycles. The Morgan fingerprint density at radius 1 is 1.33 bits per heavy atom. The number of nitrogens with one attached hydrogen (secondary N) is 1. The average molecular weight is 260 g/mol. The highest BCUT2D eigenvalue weighted by Gasteiger charge is 2.05. The third-order valence-corrected chi connectivity index (χ3v) is 3.63. The molecule has 1 amide bonds. The summed E-state index contributed by atoms with van der Waals surface area (Å²) in [4.78, 5) is 18.0. The minimum atomic E-state index is -0.0995. The summed E-state index contributed by atoms with van der Waals surface area (Å²) in [5.41, 5.74) is 0.911. The lowest BCUT2D eigenvalue weighted by molar-refractivity contribution is -0.114. The lowest BCUT2D eigenvalue weighted by Gasteiger charge is -2.02. The summed E-state index contributed by atoms with van der Waals surface area (Å²) in [6, 6.07) is 9.91. The number of hydrogen-bond donors (Lipinski definition) is 1. The van der Waals surface area contributed by atoms with E-state index in [9.17, 15) is 4.79 Å². The normalized spacial score (nSPS) is 10.3. The highest BCUT2D eigenvalue weighted by Crippen LogP contribution is 2.28. The molecule has 18 heavy (non-hydrogen) atoms. The third-order valence-electron chi connectivity index (χ3n) is 2.46. The topological polar surface area (TPSA) is 42.0 Å². The Hall–Kier alpha value is -1.68. The van der Waals surface area contributed by atoms with Crippen LogP contribution in [0.4, 0.5) is 5.82 Å². The minimum Gasteiger partial charge on any atom is -0.311 e. The summed E-state index contributed by atoms with van der Waals surface area (Å²) in [5.74, 6) is 0.503. The van der Waals surface area contributed by atoms with Gasteiger partial charge in [-0.15, -0.1) is 11.3 Å². The van der Waals surface area contributed by atoms with Crippen LogP contribution < -0.4 is 5.32 Å². The van der Waals surface area contributed by atoms with Gasteiger partial charge >= 0.3 is 0 Å². The fourth-order valence-corrected chi connectivity index (χ4v) is 2.80. The van der Waals surface area contributed by atoms with Crippen molar-refractivity contribution in [1.82, 2.24) is 4.98 Å². The summed E-state index contributed by atoms with van der Waals surface area (Å²) in [6.07, 6.45) is 2.26. The number of aryl methyl sites for hydroxylation is 1. The van der Waals surface area contributed by atoms with Crippen LogP contribution in [0, 0.1) is 0 Å². The summed E-state index contributed by atoms with van der Waals surface area (Å²) in [6.45, 7) is 3.66. The molecule has 0 atom stereocenters. The number of carbonyl (C=O) groups excluding carboxylic acids is 1. The molecule has 0 saturated heterocycles. The standard InChI is InChI=1S/C14H16N2OS/c1-3-5-11-8-9-13(18-11)12-6-4-7-14(16-12)15-10(2)17/h4,6-9H,3,5H2,1-2H3,(H,15,16,17). The molecule has 0 aliphatic heterocycles. The Morgan fingerprint density at radius 2 is 2.17 bits per heavy atom.